The van der Waals surface area contributed by atoms with Crippen molar-refractivity contribution in [2.75, 3.05) is 39.5 Å². The summed E-state index contributed by atoms with van der Waals surface area (Å²) in [5.74, 6) is 0.385. The average molecular weight is 501 g/mol. The molecule has 1 aromatic heterocycles. The quantitative estimate of drug-likeness (QED) is 0.654. The molecule has 0 atom stereocenters. The highest BCUT2D eigenvalue weighted by molar-refractivity contribution is 6.49. The van der Waals surface area contributed by atoms with Crippen molar-refractivity contribution in [3.05, 3.63) is 58.4 Å². The number of hydrogen-bond acceptors (Lipinski definition) is 7. The number of ketones is 1. The number of aliphatic imine (C=N–C) groups is 1. The lowest BCUT2D eigenvalue weighted by Crippen LogP contribution is -2.44. The van der Waals surface area contributed by atoms with Gasteiger partial charge in [-0.2, -0.15) is 0 Å². The minimum atomic E-state index is -0.249. The van der Waals surface area contributed by atoms with Crippen LogP contribution in [-0.2, 0) is 28.9 Å². The van der Waals surface area contributed by atoms with E-state index >= 15 is 0 Å². The van der Waals surface area contributed by atoms with E-state index in [0.717, 1.165) is 65.9 Å². The summed E-state index contributed by atoms with van der Waals surface area (Å²) in [4.78, 5) is 44.0. The molecule has 3 heterocycles. The second-order valence-corrected chi connectivity index (χ2v) is 11.4. The van der Waals surface area contributed by atoms with E-state index in [0.29, 0.717) is 24.7 Å². The Morgan fingerprint density at radius 3 is 2.54 bits per heavy atom. The zero-order valence-electron chi connectivity index (χ0n) is 22.3. The third-order valence-electron chi connectivity index (χ3n) is 7.94. The molecule has 8 nitrogen and oxygen atoms in total. The molecule has 0 bridgehead atoms. The lowest BCUT2D eigenvalue weighted by molar-refractivity contribution is -0.131. The first-order valence-corrected chi connectivity index (χ1v) is 13.1. The van der Waals surface area contributed by atoms with E-state index in [1.807, 2.05) is 29.2 Å². The summed E-state index contributed by atoms with van der Waals surface area (Å²) >= 11 is 0. The number of likely N-dealkylation sites (tertiary alicyclic amines) is 1. The van der Waals surface area contributed by atoms with Crippen LogP contribution in [0.5, 0.6) is 0 Å². The number of aromatic nitrogens is 2. The number of benzene rings is 1. The Morgan fingerprint density at radius 2 is 1.84 bits per heavy atom. The van der Waals surface area contributed by atoms with Crippen molar-refractivity contribution in [2.45, 2.75) is 52.0 Å². The Bertz CT molecular complexity index is 1300. The first-order valence-electron chi connectivity index (χ1n) is 13.1. The third-order valence-corrected chi connectivity index (χ3v) is 7.94. The number of carbonyl (C=O) groups excluding carboxylic acids is 2. The maximum absolute atomic E-state index is 13.5. The second-order valence-electron chi connectivity index (χ2n) is 11.4. The Morgan fingerprint density at radius 1 is 1.14 bits per heavy atom. The Balaban J connectivity index is 1.28. The lowest BCUT2D eigenvalue weighted by Gasteiger charge is -2.35. The summed E-state index contributed by atoms with van der Waals surface area (Å²) in [5.41, 5.74) is 11.8. The summed E-state index contributed by atoms with van der Waals surface area (Å²) in [5, 5.41) is 0. The fourth-order valence-corrected chi connectivity index (χ4v) is 6.02. The van der Waals surface area contributed by atoms with Crippen LogP contribution in [0.15, 0.2) is 41.0 Å². The summed E-state index contributed by atoms with van der Waals surface area (Å²) in [7, 11) is 4.20. The number of amides is 1. The predicted octanol–water partition coefficient (Wildman–Crippen LogP) is 2.76. The fraction of sp³-hybridized carbons (Fsp3) is 0.483. The van der Waals surface area contributed by atoms with Crippen molar-refractivity contribution >= 4 is 28.9 Å². The molecule has 1 fully saturated rings. The minimum absolute atomic E-state index is 0.00205. The molecule has 3 aliphatic rings. The normalized spacial score (nSPS) is 19.1. The van der Waals surface area contributed by atoms with Crippen LogP contribution in [0.1, 0.15) is 49.1 Å². The number of nitrogens with zero attached hydrogens (tertiary/aromatic N) is 5. The van der Waals surface area contributed by atoms with Gasteiger partial charge in [0.25, 0.3) is 0 Å². The minimum Gasteiger partial charge on any atom is -0.368 e. The molecule has 2 N–H and O–H groups in total. The van der Waals surface area contributed by atoms with Gasteiger partial charge in [-0.25, -0.2) is 9.97 Å². The number of nitrogen functional groups attached to an aromatic ring is 1. The topological polar surface area (TPSA) is 105 Å². The number of rotatable bonds is 6. The number of piperidine rings is 1. The van der Waals surface area contributed by atoms with Crippen molar-refractivity contribution in [1.82, 2.24) is 19.8 Å². The Hall–Kier alpha value is -3.39. The zero-order valence-corrected chi connectivity index (χ0v) is 22.3. The third kappa shape index (κ3) is 5.07. The van der Waals surface area contributed by atoms with Crippen LogP contribution in [-0.4, -0.2) is 76.9 Å². The molecular weight excluding hydrogens is 464 g/mol. The number of fused-ring (bicyclic) bond motifs is 2. The Labute approximate surface area is 218 Å². The molecule has 0 radical (unpaired) electrons. The number of hydrogen-bond donors (Lipinski definition) is 1. The van der Waals surface area contributed by atoms with Gasteiger partial charge in [-0.3, -0.25) is 14.6 Å². The molecular formula is C29H36N6O2. The van der Waals surface area contributed by atoms with Crippen LogP contribution in [0, 0.1) is 5.41 Å². The van der Waals surface area contributed by atoms with Gasteiger partial charge in [0.05, 0.1) is 18.7 Å². The van der Waals surface area contributed by atoms with Gasteiger partial charge in [-0.05, 0) is 61.0 Å². The molecule has 8 heteroatoms. The van der Waals surface area contributed by atoms with Gasteiger partial charge < -0.3 is 15.5 Å². The highest BCUT2D eigenvalue weighted by atomic mass is 16.2. The van der Waals surface area contributed by atoms with Gasteiger partial charge in [0.15, 0.2) is 5.78 Å². The highest BCUT2D eigenvalue weighted by Crippen LogP contribution is 2.45. The van der Waals surface area contributed by atoms with E-state index in [2.05, 4.69) is 47.8 Å². The van der Waals surface area contributed by atoms with Crippen molar-refractivity contribution in [1.29, 1.82) is 0 Å². The van der Waals surface area contributed by atoms with Gasteiger partial charge in [0.1, 0.15) is 5.71 Å². The SMILES string of the molecule is CN(C)C1CCN(C(=O)Cc2cccc(CC(=O)C3=NCC4=C3C(C)(C)Cc3cnc(N)nc34)c2)CC1. The number of anilines is 1. The summed E-state index contributed by atoms with van der Waals surface area (Å²) in [6.45, 7) is 6.31. The van der Waals surface area contributed by atoms with E-state index in [4.69, 9.17) is 5.73 Å². The zero-order chi connectivity index (χ0) is 26.3. The summed E-state index contributed by atoms with van der Waals surface area (Å²) in [6.07, 6.45) is 5.15. The largest absolute Gasteiger partial charge is 0.368 e. The van der Waals surface area contributed by atoms with Crippen molar-refractivity contribution in [3.8, 4) is 0 Å². The standard InChI is InChI=1S/C29H36N6O2/c1-29(2)15-20-16-32-28(30)33-26(20)22-17-31-27(25(22)29)23(36)13-18-6-5-7-19(12-18)14-24(37)35-10-8-21(9-11-35)34(3)4/h5-7,12,16,21H,8-11,13-15,17H2,1-4H3,(H2,30,32,33). The number of nitrogens with two attached hydrogens (primary N) is 1. The molecule has 0 spiro atoms. The Kier molecular flexibility index (Phi) is 6.70. The molecule has 2 aliphatic heterocycles. The highest BCUT2D eigenvalue weighted by Gasteiger charge is 2.41. The number of allylic oxidation sites excluding steroid dienone is 1. The molecule has 0 saturated carbocycles. The lowest BCUT2D eigenvalue weighted by atomic mass is 9.70. The second kappa shape index (κ2) is 9.82. The van der Waals surface area contributed by atoms with Crippen LogP contribution < -0.4 is 5.73 Å². The van der Waals surface area contributed by atoms with E-state index in [1.165, 1.54) is 0 Å². The van der Waals surface area contributed by atoms with Gasteiger partial charge in [0, 0.05) is 37.3 Å². The molecule has 1 aliphatic carbocycles. The summed E-state index contributed by atoms with van der Waals surface area (Å²) < 4.78 is 0. The maximum atomic E-state index is 13.5. The monoisotopic (exact) mass is 500 g/mol. The van der Waals surface area contributed by atoms with E-state index in [1.54, 1.807) is 6.20 Å². The van der Waals surface area contributed by atoms with Crippen LogP contribution >= 0.6 is 0 Å². The van der Waals surface area contributed by atoms with Crippen molar-refractivity contribution in [3.63, 3.8) is 0 Å². The smallest absolute Gasteiger partial charge is 0.226 e. The van der Waals surface area contributed by atoms with Crippen LogP contribution in [0.4, 0.5) is 5.95 Å². The van der Waals surface area contributed by atoms with Gasteiger partial charge in [-0.15, -0.1) is 0 Å². The van der Waals surface area contributed by atoms with Gasteiger partial charge >= 0.3 is 0 Å². The predicted molar refractivity (Wildman–Crippen MR) is 145 cm³/mol. The van der Waals surface area contributed by atoms with Crippen LogP contribution in [0.2, 0.25) is 0 Å². The molecule has 1 aromatic carbocycles. The molecule has 1 saturated heterocycles. The van der Waals surface area contributed by atoms with Crippen molar-refractivity contribution in [2.24, 2.45) is 10.4 Å². The molecule has 0 unspecified atom stereocenters. The van der Waals surface area contributed by atoms with Gasteiger partial charge in [-0.1, -0.05) is 38.1 Å². The average Bonchev–Trinajstić information content (AvgIpc) is 3.32. The molecule has 5 rings (SSSR count). The first-order chi connectivity index (χ1) is 17.6. The number of Topliss-reactive ketones (excluding diaryl/α,β-unsaturated/α-hetero) is 1. The van der Waals surface area contributed by atoms with Crippen LogP contribution in [0.25, 0.3) is 5.57 Å². The van der Waals surface area contributed by atoms with Gasteiger partial charge in [0.2, 0.25) is 11.9 Å². The molecule has 2 aromatic rings. The molecule has 194 valence electrons. The van der Waals surface area contributed by atoms with Crippen molar-refractivity contribution < 1.29 is 9.59 Å². The van der Waals surface area contributed by atoms with E-state index in [-0.39, 0.29) is 29.5 Å². The number of carbonyl (C=O) groups is 2. The maximum Gasteiger partial charge on any atom is 0.226 e. The first kappa shape index (κ1) is 25.3. The van der Waals surface area contributed by atoms with Crippen LogP contribution in [0.3, 0.4) is 0 Å². The fourth-order valence-electron chi connectivity index (χ4n) is 6.02. The molecule has 1 amide bonds. The van der Waals surface area contributed by atoms with E-state index in [9.17, 15) is 9.59 Å². The van der Waals surface area contributed by atoms with E-state index < -0.39 is 0 Å². The summed E-state index contributed by atoms with van der Waals surface area (Å²) in [6, 6.07) is 8.39. The molecule has 37 heavy (non-hydrogen) atoms.